The summed E-state index contributed by atoms with van der Waals surface area (Å²) < 4.78 is 25.6. The number of aliphatic hydroxyl groups is 1. The summed E-state index contributed by atoms with van der Waals surface area (Å²) in [6.07, 6.45) is 11.1. The molecule has 2 aromatic heterocycles. The number of rotatable bonds is 17. The third-order valence-electron chi connectivity index (χ3n) is 9.06. The van der Waals surface area contributed by atoms with E-state index in [2.05, 4.69) is 25.6 Å². The first-order valence-electron chi connectivity index (χ1n) is 17.0. The molecule has 12 heteroatoms. The van der Waals surface area contributed by atoms with Crippen molar-refractivity contribution in [2.75, 3.05) is 11.5 Å². The number of aromatic amines is 1. The van der Waals surface area contributed by atoms with Crippen LogP contribution in [0.25, 0.3) is 0 Å². The van der Waals surface area contributed by atoms with Crippen LogP contribution < -0.4 is 10.6 Å². The molecule has 10 nitrogen and oxygen atoms in total. The summed E-state index contributed by atoms with van der Waals surface area (Å²) in [6, 6.07) is 13.5. The number of imidazole rings is 1. The molecule has 0 radical (unpaired) electrons. The molecule has 0 aliphatic heterocycles. The second-order valence-electron chi connectivity index (χ2n) is 13.8. The summed E-state index contributed by atoms with van der Waals surface area (Å²) in [7, 11) is -3.66. The van der Waals surface area contributed by atoms with Crippen LogP contribution in [0.1, 0.15) is 77.0 Å². The van der Waals surface area contributed by atoms with Gasteiger partial charge in [0.15, 0.2) is 9.84 Å². The summed E-state index contributed by atoms with van der Waals surface area (Å²) in [5, 5.41) is 18.3. The summed E-state index contributed by atoms with van der Waals surface area (Å²) in [6.45, 7) is 4.88. The minimum absolute atomic E-state index is 0.104. The summed E-state index contributed by atoms with van der Waals surface area (Å²) in [5.74, 6) is -1.20. The van der Waals surface area contributed by atoms with Gasteiger partial charge in [-0.1, -0.05) is 68.5 Å². The van der Waals surface area contributed by atoms with Crippen LogP contribution in [0.2, 0.25) is 0 Å². The number of thioether (sulfide) groups is 1. The van der Waals surface area contributed by atoms with Gasteiger partial charge in [-0.15, -0.1) is 11.8 Å². The molecule has 48 heavy (non-hydrogen) atoms. The van der Waals surface area contributed by atoms with Gasteiger partial charge in [0.05, 0.1) is 45.6 Å². The number of aliphatic hydroxyl groups excluding tert-OH is 1. The Kier molecular flexibility index (Phi) is 14.1. The summed E-state index contributed by atoms with van der Waals surface area (Å²) >= 11 is 1.56. The summed E-state index contributed by atoms with van der Waals surface area (Å²) in [4.78, 5) is 39.6. The lowest BCUT2D eigenvalue weighted by molar-refractivity contribution is -0.131. The molecule has 1 aliphatic carbocycles. The van der Waals surface area contributed by atoms with Crippen LogP contribution in [-0.4, -0.2) is 74.7 Å². The van der Waals surface area contributed by atoms with Crippen LogP contribution in [0, 0.1) is 11.8 Å². The number of aromatic nitrogens is 3. The number of carbonyl (C=O) groups excluding carboxylic acids is 2. The van der Waals surface area contributed by atoms with Crippen molar-refractivity contribution in [2.45, 2.75) is 107 Å². The first kappa shape index (κ1) is 37.6. The molecule has 4 N–H and O–H groups in total. The van der Waals surface area contributed by atoms with Gasteiger partial charge < -0.3 is 20.7 Å². The Morgan fingerprint density at radius 3 is 2.35 bits per heavy atom. The SMILES string of the molecule is CC(C)(C)S(=O)(=O)CC(Cc1ccccc1)C(=O)N[C@@H](Cc1c[nH]cn1)C(=O)N[C@@H](CC1CCCCC1)[C@@H](O)CCSc1ccccn1. The lowest BCUT2D eigenvalue weighted by Crippen LogP contribution is -2.55. The number of nitrogens with one attached hydrogen (secondary N) is 3. The molecule has 0 spiro atoms. The zero-order valence-electron chi connectivity index (χ0n) is 28.3. The Morgan fingerprint density at radius 1 is 0.979 bits per heavy atom. The van der Waals surface area contributed by atoms with Crippen molar-refractivity contribution in [3.8, 4) is 0 Å². The number of nitrogens with zero attached hydrogens (tertiary/aromatic N) is 2. The second kappa shape index (κ2) is 18.0. The number of pyridine rings is 1. The van der Waals surface area contributed by atoms with Gasteiger partial charge in [0, 0.05) is 24.6 Å². The van der Waals surface area contributed by atoms with E-state index in [9.17, 15) is 23.1 Å². The van der Waals surface area contributed by atoms with E-state index in [0.29, 0.717) is 30.2 Å². The molecule has 262 valence electrons. The molecule has 1 aliphatic rings. The Balaban J connectivity index is 1.53. The van der Waals surface area contributed by atoms with Crippen molar-refractivity contribution in [3.05, 3.63) is 78.5 Å². The van der Waals surface area contributed by atoms with Crippen molar-refractivity contribution in [1.29, 1.82) is 0 Å². The van der Waals surface area contributed by atoms with E-state index >= 15 is 0 Å². The first-order chi connectivity index (χ1) is 22.9. The third-order valence-corrected chi connectivity index (χ3v) is 12.7. The fourth-order valence-electron chi connectivity index (χ4n) is 6.05. The third kappa shape index (κ3) is 11.7. The van der Waals surface area contributed by atoms with Gasteiger partial charge in [0.2, 0.25) is 11.8 Å². The highest BCUT2D eigenvalue weighted by Gasteiger charge is 2.36. The first-order valence-corrected chi connectivity index (χ1v) is 19.6. The fraction of sp³-hybridized carbons (Fsp3) is 0.556. The molecule has 0 saturated heterocycles. The average molecular weight is 698 g/mol. The Bertz CT molecular complexity index is 1510. The fourth-order valence-corrected chi connectivity index (χ4v) is 8.22. The number of carbonyl (C=O) groups is 2. The van der Waals surface area contributed by atoms with Crippen LogP contribution in [0.4, 0.5) is 0 Å². The van der Waals surface area contributed by atoms with Crippen LogP contribution in [0.5, 0.6) is 0 Å². The maximum absolute atomic E-state index is 14.1. The molecule has 1 saturated carbocycles. The zero-order valence-corrected chi connectivity index (χ0v) is 29.9. The van der Waals surface area contributed by atoms with E-state index in [1.807, 2.05) is 48.5 Å². The maximum atomic E-state index is 14.1. The van der Waals surface area contributed by atoms with Crippen molar-refractivity contribution in [2.24, 2.45) is 11.8 Å². The molecule has 1 unspecified atom stereocenters. The number of hydrogen-bond acceptors (Lipinski definition) is 8. The predicted octanol–water partition coefficient (Wildman–Crippen LogP) is 4.90. The van der Waals surface area contributed by atoms with E-state index in [1.165, 1.54) is 12.7 Å². The van der Waals surface area contributed by atoms with Gasteiger partial charge >= 0.3 is 0 Å². The van der Waals surface area contributed by atoms with Gasteiger partial charge in [-0.05, 0) is 63.6 Å². The molecule has 2 heterocycles. The van der Waals surface area contributed by atoms with Gasteiger partial charge in [-0.3, -0.25) is 9.59 Å². The molecular weight excluding hydrogens is 647 g/mol. The molecule has 1 fully saturated rings. The monoisotopic (exact) mass is 697 g/mol. The Labute approximate surface area is 289 Å². The highest BCUT2D eigenvalue weighted by molar-refractivity contribution is 7.99. The topological polar surface area (TPSA) is 154 Å². The number of sulfone groups is 1. The minimum Gasteiger partial charge on any atom is -0.391 e. The van der Waals surface area contributed by atoms with E-state index < -0.39 is 50.5 Å². The number of hydrogen-bond donors (Lipinski definition) is 4. The zero-order chi connectivity index (χ0) is 34.6. The van der Waals surface area contributed by atoms with Crippen molar-refractivity contribution in [1.82, 2.24) is 25.6 Å². The van der Waals surface area contributed by atoms with Crippen molar-refractivity contribution in [3.63, 3.8) is 0 Å². The lowest BCUT2D eigenvalue weighted by Gasteiger charge is -2.32. The molecule has 3 aromatic rings. The highest BCUT2D eigenvalue weighted by Crippen LogP contribution is 2.29. The largest absolute Gasteiger partial charge is 0.391 e. The molecule has 4 rings (SSSR count). The van der Waals surface area contributed by atoms with E-state index in [1.54, 1.807) is 44.9 Å². The van der Waals surface area contributed by atoms with Gasteiger partial charge in [-0.2, -0.15) is 0 Å². The van der Waals surface area contributed by atoms with Gasteiger partial charge in [-0.25, -0.2) is 18.4 Å². The standard InChI is InChI=1S/C36H51N5O5S2/c1-36(2,3)48(45,46)24-28(20-26-12-6-4-7-13-26)34(43)41-31(22-29-23-37-25-39-29)35(44)40-30(21-27-14-8-5-9-15-27)32(42)17-19-47-33-16-10-11-18-38-33/h4,6-7,10-13,16,18,23,25,27-28,30-32,42H,5,8-9,14-15,17,19-22,24H2,1-3H3,(H,37,39)(H,40,44)(H,41,43)/t28?,30-,31-,32-/m0/s1. The van der Waals surface area contributed by atoms with Crippen LogP contribution in [-0.2, 0) is 32.3 Å². The second-order valence-corrected chi connectivity index (χ2v) is 17.7. The number of H-pyrrole nitrogens is 1. The molecular formula is C36H51N5O5S2. The normalized spacial score (nSPS) is 16.8. The van der Waals surface area contributed by atoms with Crippen molar-refractivity contribution < 1.29 is 23.1 Å². The number of amides is 2. The van der Waals surface area contributed by atoms with Gasteiger partial charge in [0.25, 0.3) is 0 Å². The quantitative estimate of drug-likeness (QED) is 0.145. The van der Waals surface area contributed by atoms with E-state index in [4.69, 9.17) is 0 Å². The predicted molar refractivity (Wildman–Crippen MR) is 190 cm³/mol. The molecule has 0 bridgehead atoms. The van der Waals surface area contributed by atoms with Crippen LogP contribution in [0.15, 0.2) is 72.3 Å². The smallest absolute Gasteiger partial charge is 0.243 e. The minimum atomic E-state index is -3.66. The summed E-state index contributed by atoms with van der Waals surface area (Å²) in [5.41, 5.74) is 1.41. The van der Waals surface area contributed by atoms with Crippen LogP contribution >= 0.6 is 11.8 Å². The number of benzene rings is 1. The Hall–Kier alpha value is -3.22. The van der Waals surface area contributed by atoms with E-state index in [0.717, 1.165) is 36.3 Å². The molecule has 4 atom stereocenters. The van der Waals surface area contributed by atoms with Crippen LogP contribution in [0.3, 0.4) is 0 Å². The van der Waals surface area contributed by atoms with Gasteiger partial charge in [0.1, 0.15) is 6.04 Å². The Morgan fingerprint density at radius 2 is 1.71 bits per heavy atom. The molecule has 1 aromatic carbocycles. The van der Waals surface area contributed by atoms with E-state index in [-0.39, 0.29) is 18.6 Å². The highest BCUT2D eigenvalue weighted by atomic mass is 32.2. The lowest BCUT2D eigenvalue weighted by atomic mass is 9.83. The van der Waals surface area contributed by atoms with Crippen molar-refractivity contribution >= 4 is 33.4 Å². The maximum Gasteiger partial charge on any atom is 0.243 e. The average Bonchev–Trinajstić information content (AvgIpc) is 3.58. The molecule has 2 amide bonds.